The molecule has 0 aromatic rings. The van der Waals surface area contributed by atoms with Gasteiger partial charge in [-0.1, -0.05) is 166 Å². The van der Waals surface area contributed by atoms with Crippen molar-refractivity contribution in [3.8, 4) is 0 Å². The molecule has 6 heteroatoms. The van der Waals surface area contributed by atoms with E-state index in [0.29, 0.717) is 12.8 Å². The lowest BCUT2D eigenvalue weighted by Gasteiger charge is -2.12. The maximum atomic E-state index is 11.9. The molecular formula is C41H72O6. The lowest BCUT2D eigenvalue weighted by Crippen LogP contribution is -2.25. The summed E-state index contributed by atoms with van der Waals surface area (Å²) in [5.41, 5.74) is 0. The van der Waals surface area contributed by atoms with Crippen LogP contribution in [0.3, 0.4) is 0 Å². The zero-order valence-electron chi connectivity index (χ0n) is 30.6. The van der Waals surface area contributed by atoms with Crippen LogP contribution < -0.4 is 0 Å². The first-order valence-corrected chi connectivity index (χ1v) is 19.2. The lowest BCUT2D eigenvalue weighted by molar-refractivity contribution is -0.152. The molecule has 0 bridgehead atoms. The fraction of sp³-hybridized carbons (Fsp3) is 0.756. The van der Waals surface area contributed by atoms with Crippen molar-refractivity contribution in [2.45, 2.75) is 181 Å². The fourth-order valence-corrected chi connectivity index (χ4v) is 5.14. The standard InChI is InChI=1S/C41H72O6/c1-4-5-25-31-38(42)32-27-22-18-14-10-8-12-16-20-24-29-34-41(45)47-36-39(43)35-46-40(44)33-28-23-19-15-11-7-6-9-13-17-21-26-30-37(2)3/h8,10,16,18,20,22,27,32,37-39,42-43H,4-7,9,11-15,17,19,21,23-26,28-31,33-36H2,1-3H3/b10-8-,20-16-,22-18-,32-27+/t38-,39-/m1/s1. The summed E-state index contributed by atoms with van der Waals surface area (Å²) in [6.45, 7) is 6.46. The van der Waals surface area contributed by atoms with E-state index < -0.39 is 6.10 Å². The molecule has 0 unspecified atom stereocenters. The first kappa shape index (κ1) is 44.8. The Bertz CT molecular complexity index is 828. The molecule has 0 spiro atoms. The third-order valence-electron chi connectivity index (χ3n) is 8.10. The number of unbranched alkanes of at least 4 members (excludes halogenated alkanes) is 14. The van der Waals surface area contributed by atoms with Crippen LogP contribution in [0.5, 0.6) is 0 Å². The van der Waals surface area contributed by atoms with Crippen molar-refractivity contribution in [3.05, 3.63) is 48.6 Å². The minimum Gasteiger partial charge on any atom is -0.463 e. The van der Waals surface area contributed by atoms with Gasteiger partial charge in [0.25, 0.3) is 0 Å². The van der Waals surface area contributed by atoms with Gasteiger partial charge in [-0.15, -0.1) is 0 Å². The number of carbonyl (C=O) groups excluding carboxylic acids is 2. The minimum atomic E-state index is -0.998. The maximum Gasteiger partial charge on any atom is 0.305 e. The van der Waals surface area contributed by atoms with Crippen molar-refractivity contribution in [3.63, 3.8) is 0 Å². The second-order valence-corrected chi connectivity index (χ2v) is 13.4. The second-order valence-electron chi connectivity index (χ2n) is 13.4. The molecule has 0 aliphatic carbocycles. The summed E-state index contributed by atoms with van der Waals surface area (Å²) in [5, 5.41) is 19.8. The molecule has 272 valence electrons. The normalized spacial score (nSPS) is 13.5. The Morgan fingerprint density at radius 3 is 1.64 bits per heavy atom. The van der Waals surface area contributed by atoms with E-state index in [-0.39, 0.29) is 37.7 Å². The molecule has 0 rings (SSSR count). The summed E-state index contributed by atoms with van der Waals surface area (Å²) in [6.07, 6.45) is 39.2. The number of hydrogen-bond acceptors (Lipinski definition) is 6. The van der Waals surface area contributed by atoms with E-state index in [4.69, 9.17) is 9.47 Å². The first-order chi connectivity index (χ1) is 22.8. The Morgan fingerprint density at radius 1 is 0.574 bits per heavy atom. The smallest absolute Gasteiger partial charge is 0.305 e. The molecular weight excluding hydrogens is 588 g/mol. The summed E-state index contributed by atoms with van der Waals surface area (Å²) in [4.78, 5) is 23.9. The summed E-state index contributed by atoms with van der Waals surface area (Å²) in [5.74, 6) is 0.180. The Kier molecular flexibility index (Phi) is 33.5. The summed E-state index contributed by atoms with van der Waals surface area (Å²) < 4.78 is 10.3. The van der Waals surface area contributed by atoms with Crippen LogP contribution in [0.15, 0.2) is 48.6 Å². The summed E-state index contributed by atoms with van der Waals surface area (Å²) in [7, 11) is 0. The number of hydrogen-bond donors (Lipinski definition) is 2. The van der Waals surface area contributed by atoms with Crippen LogP contribution in [-0.4, -0.2) is 47.6 Å². The maximum absolute atomic E-state index is 11.9. The number of rotatable bonds is 33. The molecule has 0 heterocycles. The van der Waals surface area contributed by atoms with E-state index in [2.05, 4.69) is 51.2 Å². The van der Waals surface area contributed by atoms with Crippen LogP contribution in [0.4, 0.5) is 0 Å². The van der Waals surface area contributed by atoms with Crippen molar-refractivity contribution in [2.24, 2.45) is 5.92 Å². The van der Waals surface area contributed by atoms with Gasteiger partial charge in [0.05, 0.1) is 6.10 Å². The van der Waals surface area contributed by atoms with Crippen molar-refractivity contribution in [2.75, 3.05) is 13.2 Å². The monoisotopic (exact) mass is 661 g/mol. The topological polar surface area (TPSA) is 93.1 Å². The highest BCUT2D eigenvalue weighted by atomic mass is 16.6. The predicted molar refractivity (Wildman–Crippen MR) is 197 cm³/mol. The second kappa shape index (κ2) is 35.1. The van der Waals surface area contributed by atoms with Gasteiger partial charge in [-0.3, -0.25) is 9.59 Å². The highest BCUT2D eigenvalue weighted by Crippen LogP contribution is 2.14. The van der Waals surface area contributed by atoms with E-state index in [9.17, 15) is 19.8 Å². The van der Waals surface area contributed by atoms with Gasteiger partial charge in [0.1, 0.15) is 19.3 Å². The van der Waals surface area contributed by atoms with Gasteiger partial charge in [0.2, 0.25) is 0 Å². The molecule has 47 heavy (non-hydrogen) atoms. The van der Waals surface area contributed by atoms with Gasteiger partial charge in [0.15, 0.2) is 0 Å². The van der Waals surface area contributed by atoms with Crippen molar-refractivity contribution < 1.29 is 29.3 Å². The van der Waals surface area contributed by atoms with Crippen molar-refractivity contribution in [1.29, 1.82) is 0 Å². The molecule has 0 saturated heterocycles. The number of esters is 2. The molecule has 0 saturated carbocycles. The van der Waals surface area contributed by atoms with Crippen molar-refractivity contribution in [1.82, 2.24) is 0 Å². The number of ether oxygens (including phenoxy) is 2. The van der Waals surface area contributed by atoms with E-state index in [0.717, 1.165) is 63.7 Å². The molecule has 6 nitrogen and oxygen atoms in total. The Balaban J connectivity index is 3.59. The predicted octanol–water partition coefficient (Wildman–Crippen LogP) is 10.7. The zero-order chi connectivity index (χ0) is 34.6. The van der Waals surface area contributed by atoms with Crippen LogP contribution in [0.2, 0.25) is 0 Å². The minimum absolute atomic E-state index is 0.144. The van der Waals surface area contributed by atoms with Crippen molar-refractivity contribution >= 4 is 11.9 Å². The number of carbonyl (C=O) groups is 2. The average molecular weight is 661 g/mol. The van der Waals surface area contributed by atoms with Crippen LogP contribution in [0.1, 0.15) is 168 Å². The Labute approximate surface area is 289 Å². The molecule has 0 radical (unpaired) electrons. The van der Waals surface area contributed by atoms with Crippen LogP contribution in [0, 0.1) is 5.92 Å². The number of aliphatic hydroxyl groups excluding tert-OH is 2. The largest absolute Gasteiger partial charge is 0.463 e. The molecule has 0 aromatic heterocycles. The van der Waals surface area contributed by atoms with E-state index >= 15 is 0 Å². The third kappa shape index (κ3) is 36.5. The van der Waals surface area contributed by atoms with Crippen LogP contribution >= 0.6 is 0 Å². The quantitative estimate of drug-likeness (QED) is 0.0315. The third-order valence-corrected chi connectivity index (χ3v) is 8.10. The lowest BCUT2D eigenvalue weighted by atomic mass is 10.0. The molecule has 0 amide bonds. The van der Waals surface area contributed by atoms with E-state index in [1.165, 1.54) is 70.6 Å². The molecule has 0 aliphatic rings. The SMILES string of the molecule is CCCCC[C@@H](O)/C=C/C=C\C/C=C\C/C=C\CCCC(=O)OC[C@H](O)COC(=O)CCCCCCCCCCCCCCC(C)C. The van der Waals surface area contributed by atoms with Crippen LogP contribution in [0.25, 0.3) is 0 Å². The van der Waals surface area contributed by atoms with Gasteiger partial charge in [0, 0.05) is 12.8 Å². The average Bonchev–Trinajstić information content (AvgIpc) is 3.05. The van der Waals surface area contributed by atoms with E-state index in [1.54, 1.807) is 0 Å². The van der Waals surface area contributed by atoms with Gasteiger partial charge >= 0.3 is 11.9 Å². The Morgan fingerprint density at radius 2 is 1.06 bits per heavy atom. The summed E-state index contributed by atoms with van der Waals surface area (Å²) >= 11 is 0. The van der Waals surface area contributed by atoms with Gasteiger partial charge in [-0.05, 0) is 44.4 Å². The van der Waals surface area contributed by atoms with Crippen LogP contribution in [-0.2, 0) is 19.1 Å². The Hall–Kier alpha value is -2.18. The van der Waals surface area contributed by atoms with Gasteiger partial charge in [-0.25, -0.2) is 0 Å². The number of allylic oxidation sites excluding steroid dienone is 7. The zero-order valence-corrected chi connectivity index (χ0v) is 30.6. The molecule has 2 atom stereocenters. The number of aliphatic hydroxyl groups is 2. The van der Waals surface area contributed by atoms with E-state index in [1.807, 2.05) is 18.2 Å². The van der Waals surface area contributed by atoms with Gasteiger partial charge < -0.3 is 19.7 Å². The molecule has 0 aromatic carbocycles. The fourth-order valence-electron chi connectivity index (χ4n) is 5.14. The summed E-state index contributed by atoms with van der Waals surface area (Å²) in [6, 6.07) is 0. The van der Waals surface area contributed by atoms with Gasteiger partial charge in [-0.2, -0.15) is 0 Å². The molecule has 0 fully saturated rings. The molecule has 2 N–H and O–H groups in total. The molecule has 0 aliphatic heterocycles. The first-order valence-electron chi connectivity index (χ1n) is 19.2. The highest BCUT2D eigenvalue weighted by Gasteiger charge is 2.12. The highest BCUT2D eigenvalue weighted by molar-refractivity contribution is 5.69.